The van der Waals surface area contributed by atoms with E-state index in [1.807, 2.05) is 30.3 Å². The zero-order valence-electron chi connectivity index (χ0n) is 8.65. The topological polar surface area (TPSA) is 55.1 Å². The van der Waals surface area contributed by atoms with E-state index in [-0.39, 0.29) is 0 Å². The molecule has 1 heterocycles. The fraction of sp³-hybridized carbons (Fsp3) is 0.167. The molecule has 16 heavy (non-hydrogen) atoms. The molecule has 0 saturated heterocycles. The van der Waals surface area contributed by atoms with Crippen molar-refractivity contribution in [3.05, 3.63) is 54.6 Å². The van der Waals surface area contributed by atoms with Crippen molar-refractivity contribution >= 4 is 5.97 Å². The van der Waals surface area contributed by atoms with Crippen LogP contribution in [0.15, 0.2) is 49.1 Å². The molecule has 0 unspecified atom stereocenters. The van der Waals surface area contributed by atoms with Gasteiger partial charge in [0, 0.05) is 18.8 Å². The quantitative estimate of drug-likeness (QED) is 0.847. The molecule has 0 radical (unpaired) electrons. The van der Waals surface area contributed by atoms with Gasteiger partial charge in [-0.05, 0) is 5.56 Å². The average Bonchev–Trinajstić information content (AvgIpc) is 2.80. The Balaban J connectivity index is 2.19. The number of nitrogens with zero attached hydrogens (tertiary/aromatic N) is 2. The third kappa shape index (κ3) is 2.28. The van der Waals surface area contributed by atoms with Crippen molar-refractivity contribution in [2.24, 2.45) is 0 Å². The summed E-state index contributed by atoms with van der Waals surface area (Å²) in [6.07, 6.45) is 5.25. The van der Waals surface area contributed by atoms with Gasteiger partial charge < -0.3 is 9.67 Å². The predicted molar refractivity (Wildman–Crippen MR) is 59.0 cm³/mol. The highest BCUT2D eigenvalue weighted by Gasteiger charge is 2.18. The van der Waals surface area contributed by atoms with Crippen molar-refractivity contribution in [3.8, 4) is 0 Å². The lowest BCUT2D eigenvalue weighted by Crippen LogP contribution is -2.20. The lowest BCUT2D eigenvalue weighted by molar-refractivity contribution is -0.140. The van der Waals surface area contributed by atoms with Crippen molar-refractivity contribution in [1.82, 2.24) is 9.55 Å². The minimum Gasteiger partial charge on any atom is -0.480 e. The summed E-state index contributed by atoms with van der Waals surface area (Å²) in [7, 11) is 0. The molecule has 0 aliphatic rings. The van der Waals surface area contributed by atoms with Crippen molar-refractivity contribution in [2.45, 2.75) is 12.5 Å². The van der Waals surface area contributed by atoms with Gasteiger partial charge in [-0.3, -0.25) is 0 Å². The number of aliphatic carboxylic acids is 1. The van der Waals surface area contributed by atoms with Crippen LogP contribution in [0.4, 0.5) is 0 Å². The maximum Gasteiger partial charge on any atom is 0.327 e. The molecule has 1 aromatic heterocycles. The predicted octanol–water partition coefficient (Wildman–Crippen LogP) is 1.75. The van der Waals surface area contributed by atoms with Crippen molar-refractivity contribution in [2.75, 3.05) is 0 Å². The number of hydrogen-bond donors (Lipinski definition) is 1. The van der Waals surface area contributed by atoms with Gasteiger partial charge in [-0.15, -0.1) is 0 Å². The lowest BCUT2D eigenvalue weighted by Gasteiger charge is -2.13. The van der Waals surface area contributed by atoms with Crippen LogP contribution >= 0.6 is 0 Å². The van der Waals surface area contributed by atoms with Gasteiger partial charge in [0.2, 0.25) is 0 Å². The summed E-state index contributed by atoms with van der Waals surface area (Å²) in [6.45, 7) is 0. The van der Waals surface area contributed by atoms with Gasteiger partial charge in [0.05, 0.1) is 6.33 Å². The fourth-order valence-electron chi connectivity index (χ4n) is 1.61. The van der Waals surface area contributed by atoms with Crippen molar-refractivity contribution in [3.63, 3.8) is 0 Å². The molecule has 0 aliphatic heterocycles. The molecule has 0 bridgehead atoms. The van der Waals surface area contributed by atoms with Gasteiger partial charge in [-0.25, -0.2) is 9.78 Å². The summed E-state index contributed by atoms with van der Waals surface area (Å²) >= 11 is 0. The molecule has 4 nitrogen and oxygen atoms in total. The summed E-state index contributed by atoms with van der Waals surface area (Å²) in [6, 6.07) is 8.98. The smallest absolute Gasteiger partial charge is 0.327 e. The van der Waals surface area contributed by atoms with E-state index in [1.165, 1.54) is 6.33 Å². The second-order valence-electron chi connectivity index (χ2n) is 3.55. The number of hydrogen-bond acceptors (Lipinski definition) is 2. The van der Waals surface area contributed by atoms with Gasteiger partial charge in [0.15, 0.2) is 0 Å². The Morgan fingerprint density at radius 3 is 2.69 bits per heavy atom. The molecule has 2 aromatic rings. The van der Waals surface area contributed by atoms with Crippen molar-refractivity contribution in [1.29, 1.82) is 0 Å². The van der Waals surface area contributed by atoms with Crippen LogP contribution in [0.1, 0.15) is 11.6 Å². The van der Waals surface area contributed by atoms with E-state index in [0.717, 1.165) is 5.56 Å². The zero-order valence-corrected chi connectivity index (χ0v) is 8.65. The SMILES string of the molecule is O=C(O)[C@H](Cc1ccccc1)n1ccnc1. The Hall–Kier alpha value is -2.10. The summed E-state index contributed by atoms with van der Waals surface area (Å²) < 4.78 is 1.61. The van der Waals surface area contributed by atoms with Crippen LogP contribution in [-0.2, 0) is 11.2 Å². The first-order valence-corrected chi connectivity index (χ1v) is 5.01. The molecule has 0 spiro atoms. The van der Waals surface area contributed by atoms with E-state index in [2.05, 4.69) is 4.98 Å². The molecular formula is C12H12N2O2. The first kappa shape index (κ1) is 10.4. The normalized spacial score (nSPS) is 12.2. The van der Waals surface area contributed by atoms with Crippen LogP contribution < -0.4 is 0 Å². The number of carbonyl (C=O) groups is 1. The van der Waals surface area contributed by atoms with E-state index in [1.54, 1.807) is 17.0 Å². The van der Waals surface area contributed by atoms with E-state index in [4.69, 9.17) is 5.11 Å². The maximum atomic E-state index is 11.2. The molecule has 4 heteroatoms. The number of imidazole rings is 1. The molecule has 0 saturated carbocycles. The average molecular weight is 216 g/mol. The summed E-state index contributed by atoms with van der Waals surface area (Å²) in [5.74, 6) is -0.846. The number of carboxylic acid groups (broad SMARTS) is 1. The van der Waals surface area contributed by atoms with Gasteiger partial charge >= 0.3 is 5.97 Å². The number of rotatable bonds is 4. The van der Waals surface area contributed by atoms with E-state index < -0.39 is 12.0 Å². The maximum absolute atomic E-state index is 11.2. The third-order valence-electron chi connectivity index (χ3n) is 2.44. The van der Waals surface area contributed by atoms with Crippen LogP contribution in [0.5, 0.6) is 0 Å². The lowest BCUT2D eigenvalue weighted by atomic mass is 10.1. The highest BCUT2D eigenvalue weighted by atomic mass is 16.4. The first-order chi connectivity index (χ1) is 7.77. The molecule has 1 atom stereocenters. The summed E-state index contributed by atoms with van der Waals surface area (Å²) in [5, 5.41) is 9.16. The first-order valence-electron chi connectivity index (χ1n) is 5.01. The minimum absolute atomic E-state index is 0.465. The van der Waals surface area contributed by atoms with Crippen LogP contribution in [0, 0.1) is 0 Å². The van der Waals surface area contributed by atoms with Crippen molar-refractivity contribution < 1.29 is 9.90 Å². The number of benzene rings is 1. The van der Waals surface area contributed by atoms with E-state index in [9.17, 15) is 4.79 Å². The van der Waals surface area contributed by atoms with E-state index in [0.29, 0.717) is 6.42 Å². The number of carboxylic acids is 1. The Kier molecular flexibility index (Phi) is 3.00. The molecule has 2 rings (SSSR count). The Morgan fingerprint density at radius 1 is 1.38 bits per heavy atom. The molecule has 0 fully saturated rings. The van der Waals surface area contributed by atoms with Crippen LogP contribution in [0.2, 0.25) is 0 Å². The molecule has 1 N–H and O–H groups in total. The highest BCUT2D eigenvalue weighted by Crippen LogP contribution is 2.14. The zero-order chi connectivity index (χ0) is 11.4. The number of aromatic nitrogens is 2. The fourth-order valence-corrected chi connectivity index (χ4v) is 1.61. The van der Waals surface area contributed by atoms with Crippen LogP contribution in [0.25, 0.3) is 0 Å². The summed E-state index contributed by atoms with van der Waals surface area (Å²) in [4.78, 5) is 15.0. The second-order valence-corrected chi connectivity index (χ2v) is 3.55. The van der Waals surface area contributed by atoms with Gasteiger partial charge in [0.1, 0.15) is 6.04 Å². The Morgan fingerprint density at radius 2 is 2.12 bits per heavy atom. The highest BCUT2D eigenvalue weighted by molar-refractivity contribution is 5.72. The Labute approximate surface area is 93.2 Å². The third-order valence-corrected chi connectivity index (χ3v) is 2.44. The molecule has 0 amide bonds. The van der Waals surface area contributed by atoms with E-state index >= 15 is 0 Å². The van der Waals surface area contributed by atoms with Crippen LogP contribution in [0.3, 0.4) is 0 Å². The van der Waals surface area contributed by atoms with Gasteiger partial charge in [-0.2, -0.15) is 0 Å². The molecule has 1 aromatic carbocycles. The van der Waals surface area contributed by atoms with Gasteiger partial charge in [0.25, 0.3) is 0 Å². The minimum atomic E-state index is -0.846. The largest absolute Gasteiger partial charge is 0.480 e. The molecule has 82 valence electrons. The monoisotopic (exact) mass is 216 g/mol. The Bertz CT molecular complexity index is 451. The molecule has 0 aliphatic carbocycles. The van der Waals surface area contributed by atoms with Crippen LogP contribution in [-0.4, -0.2) is 20.6 Å². The standard InChI is InChI=1S/C12H12N2O2/c15-12(16)11(14-7-6-13-9-14)8-10-4-2-1-3-5-10/h1-7,9,11H,8H2,(H,15,16)/t11-/m0/s1. The van der Waals surface area contributed by atoms with Gasteiger partial charge in [-0.1, -0.05) is 30.3 Å². The second kappa shape index (κ2) is 4.61. The summed E-state index contributed by atoms with van der Waals surface area (Å²) in [5.41, 5.74) is 1.00. The molecular weight excluding hydrogens is 204 g/mol.